The van der Waals surface area contributed by atoms with Gasteiger partial charge in [0.1, 0.15) is 0 Å². The first-order chi connectivity index (χ1) is 15.3. The second-order valence-corrected chi connectivity index (χ2v) is 8.64. The lowest BCUT2D eigenvalue weighted by molar-refractivity contribution is -0.144. The number of hydrogen-bond acceptors (Lipinski definition) is 5. The van der Waals surface area contributed by atoms with Crippen LogP contribution in [-0.4, -0.2) is 30.2 Å². The van der Waals surface area contributed by atoms with E-state index in [0.717, 1.165) is 12.0 Å². The Morgan fingerprint density at radius 1 is 1.09 bits per heavy atom. The largest absolute Gasteiger partial charge is 0.352 e. The number of aryl methyl sites for hydroxylation is 1. The summed E-state index contributed by atoms with van der Waals surface area (Å²) in [5.41, 5.74) is 2.32. The molecule has 4 rings (SSSR count). The molecule has 4 unspecified atom stereocenters. The summed E-state index contributed by atoms with van der Waals surface area (Å²) in [6.45, 7) is 2.05. The van der Waals surface area contributed by atoms with Crippen LogP contribution in [-0.2, 0) is 20.8 Å². The zero-order valence-corrected chi connectivity index (χ0v) is 18.8. The fraction of sp³-hybridized carbons (Fsp3) is 0.318. The summed E-state index contributed by atoms with van der Waals surface area (Å²) < 4.78 is 0. The van der Waals surface area contributed by atoms with E-state index in [4.69, 9.17) is 23.2 Å². The second kappa shape index (κ2) is 9.36. The lowest BCUT2D eigenvalue weighted by Crippen LogP contribution is -2.72. The standard InChI is InChI=1S/C22H23Cl2N5O3/c1-2-11-3-6-13(7-4-11)25-20(31)14-10-17(30)27-19-18(14)21(32)29-22(28-19)26-16-8-5-12(23)9-15(16)24/h3-9,14,18-19,22,26,28H,2,10H2,1H3,(H,25,31)(H,27,30)(H,29,32). The van der Waals surface area contributed by atoms with Crippen molar-refractivity contribution in [2.24, 2.45) is 11.8 Å². The highest BCUT2D eigenvalue weighted by molar-refractivity contribution is 6.36. The van der Waals surface area contributed by atoms with Gasteiger partial charge in [0.15, 0.2) is 6.29 Å². The Morgan fingerprint density at radius 3 is 2.53 bits per heavy atom. The molecular weight excluding hydrogens is 453 g/mol. The monoisotopic (exact) mass is 475 g/mol. The Balaban J connectivity index is 1.47. The highest BCUT2D eigenvalue weighted by atomic mass is 35.5. The highest BCUT2D eigenvalue weighted by Gasteiger charge is 2.48. The first-order valence-electron chi connectivity index (χ1n) is 10.3. The van der Waals surface area contributed by atoms with E-state index in [1.807, 2.05) is 31.2 Å². The molecule has 2 heterocycles. The molecule has 2 saturated heterocycles. The Hall–Kier alpha value is -2.81. The molecule has 2 aliphatic heterocycles. The molecule has 8 nitrogen and oxygen atoms in total. The van der Waals surface area contributed by atoms with Gasteiger partial charge in [0.2, 0.25) is 17.7 Å². The summed E-state index contributed by atoms with van der Waals surface area (Å²) in [5.74, 6) is -2.60. The number of halogens is 2. The van der Waals surface area contributed by atoms with Gasteiger partial charge < -0.3 is 21.3 Å². The maximum atomic E-state index is 13.0. The van der Waals surface area contributed by atoms with Crippen molar-refractivity contribution in [1.82, 2.24) is 16.0 Å². The van der Waals surface area contributed by atoms with Crippen LogP contribution in [0.3, 0.4) is 0 Å². The molecule has 168 valence electrons. The van der Waals surface area contributed by atoms with Crippen LogP contribution < -0.4 is 26.6 Å². The zero-order chi connectivity index (χ0) is 22.8. The van der Waals surface area contributed by atoms with Crippen LogP contribution in [0.2, 0.25) is 10.0 Å². The van der Waals surface area contributed by atoms with Gasteiger partial charge in [-0.3, -0.25) is 19.7 Å². The van der Waals surface area contributed by atoms with E-state index in [1.54, 1.807) is 18.2 Å². The maximum absolute atomic E-state index is 13.0. The van der Waals surface area contributed by atoms with Gasteiger partial charge in [-0.2, -0.15) is 0 Å². The van der Waals surface area contributed by atoms with E-state index >= 15 is 0 Å². The number of anilines is 2. The first-order valence-corrected chi connectivity index (χ1v) is 11.1. The smallest absolute Gasteiger partial charge is 0.229 e. The normalized spacial score (nSPS) is 24.7. The van der Waals surface area contributed by atoms with Crippen LogP contribution in [0.5, 0.6) is 0 Å². The van der Waals surface area contributed by atoms with Crippen LogP contribution in [0.1, 0.15) is 18.9 Å². The average Bonchev–Trinajstić information content (AvgIpc) is 2.75. The molecule has 10 heteroatoms. The summed E-state index contributed by atoms with van der Waals surface area (Å²) >= 11 is 12.1. The van der Waals surface area contributed by atoms with Crippen molar-refractivity contribution < 1.29 is 14.4 Å². The van der Waals surface area contributed by atoms with E-state index in [-0.39, 0.29) is 24.1 Å². The third kappa shape index (κ3) is 4.82. The second-order valence-electron chi connectivity index (χ2n) is 7.80. The molecule has 2 aromatic carbocycles. The van der Waals surface area contributed by atoms with Crippen molar-refractivity contribution >= 4 is 52.3 Å². The van der Waals surface area contributed by atoms with Crippen LogP contribution in [0.4, 0.5) is 11.4 Å². The number of benzene rings is 2. The molecule has 0 aromatic heterocycles. The van der Waals surface area contributed by atoms with Gasteiger partial charge in [-0.05, 0) is 42.3 Å². The predicted octanol–water partition coefficient (Wildman–Crippen LogP) is 2.69. The average molecular weight is 476 g/mol. The van der Waals surface area contributed by atoms with Crippen molar-refractivity contribution in [3.8, 4) is 0 Å². The van der Waals surface area contributed by atoms with Crippen molar-refractivity contribution in [2.45, 2.75) is 32.2 Å². The van der Waals surface area contributed by atoms with Gasteiger partial charge in [-0.25, -0.2) is 0 Å². The fourth-order valence-electron chi connectivity index (χ4n) is 3.97. The fourth-order valence-corrected chi connectivity index (χ4v) is 4.44. The molecule has 4 atom stereocenters. The molecule has 0 aliphatic carbocycles. The molecule has 2 aromatic rings. The van der Waals surface area contributed by atoms with E-state index in [9.17, 15) is 14.4 Å². The lowest BCUT2D eigenvalue weighted by Gasteiger charge is -2.43. The number of fused-ring (bicyclic) bond motifs is 1. The summed E-state index contributed by atoms with van der Waals surface area (Å²) in [6.07, 6.45) is -0.600. The number of amides is 3. The van der Waals surface area contributed by atoms with Crippen molar-refractivity contribution in [2.75, 3.05) is 10.6 Å². The predicted molar refractivity (Wildman–Crippen MR) is 123 cm³/mol. The van der Waals surface area contributed by atoms with Gasteiger partial charge in [0.25, 0.3) is 0 Å². The summed E-state index contributed by atoms with van der Waals surface area (Å²) in [7, 11) is 0. The van der Waals surface area contributed by atoms with Crippen LogP contribution in [0.25, 0.3) is 0 Å². The molecule has 0 radical (unpaired) electrons. The van der Waals surface area contributed by atoms with Crippen LogP contribution >= 0.6 is 23.2 Å². The number of nitrogens with one attached hydrogen (secondary N) is 5. The molecule has 2 aliphatic rings. The topological polar surface area (TPSA) is 111 Å². The van der Waals surface area contributed by atoms with E-state index in [1.165, 1.54) is 0 Å². The van der Waals surface area contributed by atoms with Gasteiger partial charge >= 0.3 is 0 Å². The molecular formula is C22H23Cl2N5O3. The molecule has 3 amide bonds. The Kier molecular flexibility index (Phi) is 6.55. The van der Waals surface area contributed by atoms with Crippen LogP contribution in [0, 0.1) is 11.8 Å². The van der Waals surface area contributed by atoms with E-state index < -0.39 is 24.3 Å². The minimum Gasteiger partial charge on any atom is -0.352 e. The van der Waals surface area contributed by atoms with Crippen molar-refractivity contribution in [3.05, 3.63) is 58.1 Å². The molecule has 0 saturated carbocycles. The molecule has 0 bridgehead atoms. The third-order valence-corrected chi connectivity index (χ3v) is 6.20. The summed E-state index contributed by atoms with van der Waals surface area (Å²) in [4.78, 5) is 38.2. The van der Waals surface area contributed by atoms with Crippen molar-refractivity contribution in [3.63, 3.8) is 0 Å². The van der Waals surface area contributed by atoms with Gasteiger partial charge in [-0.15, -0.1) is 0 Å². The van der Waals surface area contributed by atoms with Crippen LogP contribution in [0.15, 0.2) is 42.5 Å². The van der Waals surface area contributed by atoms with E-state index in [0.29, 0.717) is 21.4 Å². The third-order valence-electron chi connectivity index (χ3n) is 5.65. The molecule has 32 heavy (non-hydrogen) atoms. The summed E-state index contributed by atoms with van der Waals surface area (Å²) in [6, 6.07) is 12.4. The molecule has 0 spiro atoms. The molecule has 5 N–H and O–H groups in total. The maximum Gasteiger partial charge on any atom is 0.229 e. The number of hydrogen-bond donors (Lipinski definition) is 5. The quantitative estimate of drug-likeness (QED) is 0.456. The zero-order valence-electron chi connectivity index (χ0n) is 17.2. The minimum absolute atomic E-state index is 0.0732. The minimum atomic E-state index is -0.813. The number of carbonyl (C=O) groups excluding carboxylic acids is 3. The number of piperidine rings is 1. The van der Waals surface area contributed by atoms with Gasteiger partial charge in [0.05, 0.1) is 28.7 Å². The van der Waals surface area contributed by atoms with Gasteiger partial charge in [-0.1, -0.05) is 42.3 Å². The molecule has 2 fully saturated rings. The number of carbonyl (C=O) groups is 3. The lowest BCUT2D eigenvalue weighted by atomic mass is 9.81. The highest BCUT2D eigenvalue weighted by Crippen LogP contribution is 2.29. The first kappa shape index (κ1) is 22.4. The van der Waals surface area contributed by atoms with Gasteiger partial charge in [0, 0.05) is 17.1 Å². The number of rotatable bonds is 5. The Labute approximate surface area is 195 Å². The summed E-state index contributed by atoms with van der Waals surface area (Å²) in [5, 5.41) is 15.5. The Morgan fingerprint density at radius 2 is 1.84 bits per heavy atom. The Bertz CT molecular complexity index is 1050. The van der Waals surface area contributed by atoms with Crippen molar-refractivity contribution in [1.29, 1.82) is 0 Å². The van der Waals surface area contributed by atoms with E-state index in [2.05, 4.69) is 26.6 Å². The SMILES string of the molecule is CCc1ccc(NC(=O)C2CC(=O)NC3NC(Nc4ccc(Cl)cc4Cl)NC(=O)C32)cc1.